The second-order valence-electron chi connectivity index (χ2n) is 5.42. The van der Waals surface area contributed by atoms with E-state index in [2.05, 4.69) is 10.6 Å². The standard InChI is InChI=1S/C11H18F2N2O/c12-10(13)1-3-11(4-2-10)15-6-5-9(16-11)7-14-8-9/h14-15H,1-8H2. The van der Waals surface area contributed by atoms with Crippen LogP contribution in [0.3, 0.4) is 0 Å². The molecule has 16 heavy (non-hydrogen) atoms. The zero-order valence-corrected chi connectivity index (χ0v) is 9.32. The molecule has 2 spiro atoms. The van der Waals surface area contributed by atoms with Crippen LogP contribution in [0.1, 0.15) is 32.1 Å². The largest absolute Gasteiger partial charge is 0.351 e. The highest BCUT2D eigenvalue weighted by Crippen LogP contribution is 2.43. The van der Waals surface area contributed by atoms with Crippen LogP contribution in [0.4, 0.5) is 8.78 Å². The van der Waals surface area contributed by atoms with Gasteiger partial charge in [-0.2, -0.15) is 0 Å². The van der Waals surface area contributed by atoms with E-state index >= 15 is 0 Å². The molecule has 5 heteroatoms. The first kappa shape index (κ1) is 10.9. The second kappa shape index (κ2) is 3.37. The summed E-state index contributed by atoms with van der Waals surface area (Å²) in [7, 11) is 0. The third-order valence-corrected chi connectivity index (χ3v) is 4.12. The zero-order valence-electron chi connectivity index (χ0n) is 9.32. The maximum atomic E-state index is 13.1. The molecule has 2 saturated heterocycles. The summed E-state index contributed by atoms with van der Waals surface area (Å²) in [4.78, 5) is 0. The summed E-state index contributed by atoms with van der Waals surface area (Å²) in [5.74, 6) is -2.49. The number of halogens is 2. The summed E-state index contributed by atoms with van der Waals surface area (Å²) >= 11 is 0. The molecule has 3 rings (SSSR count). The molecule has 0 amide bonds. The van der Waals surface area contributed by atoms with Gasteiger partial charge in [0.15, 0.2) is 0 Å². The molecule has 1 saturated carbocycles. The maximum absolute atomic E-state index is 13.1. The lowest BCUT2D eigenvalue weighted by atomic mass is 9.83. The summed E-state index contributed by atoms with van der Waals surface area (Å²) < 4.78 is 32.4. The first-order valence-corrected chi connectivity index (χ1v) is 6.07. The van der Waals surface area contributed by atoms with E-state index in [0.717, 1.165) is 26.1 Å². The number of ether oxygens (including phenoxy) is 1. The normalized spacial score (nSPS) is 34.9. The second-order valence-corrected chi connectivity index (χ2v) is 5.42. The van der Waals surface area contributed by atoms with Crippen molar-refractivity contribution in [3.63, 3.8) is 0 Å². The van der Waals surface area contributed by atoms with Crippen LogP contribution < -0.4 is 10.6 Å². The van der Waals surface area contributed by atoms with E-state index in [4.69, 9.17) is 4.74 Å². The molecule has 2 N–H and O–H groups in total. The van der Waals surface area contributed by atoms with E-state index in [0.29, 0.717) is 12.8 Å². The van der Waals surface area contributed by atoms with E-state index < -0.39 is 11.6 Å². The molecule has 2 heterocycles. The van der Waals surface area contributed by atoms with Crippen LogP contribution in [-0.4, -0.2) is 36.9 Å². The highest BCUT2D eigenvalue weighted by atomic mass is 19.3. The highest BCUT2D eigenvalue weighted by molar-refractivity contribution is 5.03. The van der Waals surface area contributed by atoms with Gasteiger partial charge in [0.05, 0.1) is 5.60 Å². The van der Waals surface area contributed by atoms with Crippen LogP contribution in [0.5, 0.6) is 0 Å². The number of hydrogen-bond donors (Lipinski definition) is 2. The van der Waals surface area contributed by atoms with Gasteiger partial charge in [0.1, 0.15) is 5.72 Å². The van der Waals surface area contributed by atoms with Crippen LogP contribution in [-0.2, 0) is 4.74 Å². The maximum Gasteiger partial charge on any atom is 0.248 e. The average Bonchev–Trinajstić information content (AvgIpc) is 2.22. The fourth-order valence-corrected chi connectivity index (χ4v) is 2.97. The van der Waals surface area contributed by atoms with Gasteiger partial charge >= 0.3 is 0 Å². The molecular formula is C11H18F2N2O. The van der Waals surface area contributed by atoms with Crippen LogP contribution in [0.25, 0.3) is 0 Å². The first-order chi connectivity index (χ1) is 7.54. The predicted octanol–water partition coefficient (Wildman–Crippen LogP) is 1.24. The zero-order chi connectivity index (χ0) is 11.3. The van der Waals surface area contributed by atoms with Crippen molar-refractivity contribution < 1.29 is 13.5 Å². The highest BCUT2D eigenvalue weighted by Gasteiger charge is 2.52. The summed E-state index contributed by atoms with van der Waals surface area (Å²) in [5.41, 5.74) is -0.542. The van der Waals surface area contributed by atoms with Crippen LogP contribution in [0.2, 0.25) is 0 Å². The molecule has 0 aromatic rings. The minimum absolute atomic E-state index is 0.0521. The Morgan fingerprint density at radius 2 is 1.62 bits per heavy atom. The van der Waals surface area contributed by atoms with Gasteiger partial charge in [-0.1, -0.05) is 0 Å². The Kier molecular flexibility index (Phi) is 2.29. The molecule has 2 aliphatic heterocycles. The molecule has 0 aromatic carbocycles. The van der Waals surface area contributed by atoms with Crippen LogP contribution >= 0.6 is 0 Å². The molecule has 0 bridgehead atoms. The average molecular weight is 232 g/mol. The third-order valence-electron chi connectivity index (χ3n) is 4.12. The van der Waals surface area contributed by atoms with Crippen molar-refractivity contribution in [2.75, 3.05) is 19.6 Å². The molecule has 0 unspecified atom stereocenters. The van der Waals surface area contributed by atoms with Crippen molar-refractivity contribution in [3.05, 3.63) is 0 Å². The van der Waals surface area contributed by atoms with Crippen molar-refractivity contribution >= 4 is 0 Å². The number of alkyl halides is 2. The number of rotatable bonds is 0. The lowest BCUT2D eigenvalue weighted by Crippen LogP contribution is -2.71. The van der Waals surface area contributed by atoms with Gasteiger partial charge < -0.3 is 10.1 Å². The van der Waals surface area contributed by atoms with Crippen LogP contribution in [0.15, 0.2) is 0 Å². The predicted molar refractivity (Wildman–Crippen MR) is 55.5 cm³/mol. The molecule has 3 aliphatic rings. The van der Waals surface area contributed by atoms with Gasteiger partial charge in [-0.25, -0.2) is 8.78 Å². The van der Waals surface area contributed by atoms with Gasteiger partial charge in [0, 0.05) is 32.5 Å². The fraction of sp³-hybridized carbons (Fsp3) is 1.00. The minimum Gasteiger partial charge on any atom is -0.351 e. The molecule has 0 atom stereocenters. The quantitative estimate of drug-likeness (QED) is 0.659. The summed E-state index contributed by atoms with van der Waals surface area (Å²) in [6.45, 7) is 2.62. The van der Waals surface area contributed by atoms with Crippen molar-refractivity contribution in [2.24, 2.45) is 0 Å². The van der Waals surface area contributed by atoms with Crippen molar-refractivity contribution in [3.8, 4) is 0 Å². The van der Waals surface area contributed by atoms with Crippen molar-refractivity contribution in [1.29, 1.82) is 0 Å². The summed E-state index contributed by atoms with van der Waals surface area (Å²) in [6, 6.07) is 0. The molecule has 1 aliphatic carbocycles. The minimum atomic E-state index is -2.49. The van der Waals surface area contributed by atoms with Crippen molar-refractivity contribution in [1.82, 2.24) is 10.6 Å². The van der Waals surface area contributed by atoms with Gasteiger partial charge in [-0.3, -0.25) is 5.32 Å². The van der Waals surface area contributed by atoms with E-state index in [9.17, 15) is 8.78 Å². The first-order valence-electron chi connectivity index (χ1n) is 6.07. The summed E-state index contributed by atoms with van der Waals surface area (Å²) in [6.07, 6.45) is 1.74. The third kappa shape index (κ3) is 1.75. The lowest BCUT2D eigenvalue weighted by Gasteiger charge is -2.55. The SMILES string of the molecule is FC1(F)CCC2(CC1)NCCC1(CNC1)O2. The van der Waals surface area contributed by atoms with E-state index in [-0.39, 0.29) is 18.4 Å². The Balaban J connectivity index is 1.69. The fourth-order valence-electron chi connectivity index (χ4n) is 2.97. The topological polar surface area (TPSA) is 33.3 Å². The van der Waals surface area contributed by atoms with E-state index in [1.807, 2.05) is 0 Å². The molecular weight excluding hydrogens is 214 g/mol. The Hall–Kier alpha value is -0.260. The molecule has 3 nitrogen and oxygen atoms in total. The Morgan fingerprint density at radius 3 is 2.19 bits per heavy atom. The van der Waals surface area contributed by atoms with E-state index in [1.165, 1.54) is 0 Å². The van der Waals surface area contributed by atoms with E-state index in [1.54, 1.807) is 0 Å². The Bertz CT molecular complexity index is 282. The van der Waals surface area contributed by atoms with Gasteiger partial charge in [-0.15, -0.1) is 0 Å². The Morgan fingerprint density at radius 1 is 0.938 bits per heavy atom. The van der Waals surface area contributed by atoms with Crippen molar-refractivity contribution in [2.45, 2.75) is 49.4 Å². The molecule has 92 valence electrons. The number of hydrogen-bond acceptors (Lipinski definition) is 3. The number of nitrogens with one attached hydrogen (secondary N) is 2. The van der Waals surface area contributed by atoms with Crippen LogP contribution in [0, 0.1) is 0 Å². The van der Waals surface area contributed by atoms with Gasteiger partial charge in [-0.05, 0) is 19.3 Å². The summed E-state index contributed by atoms with van der Waals surface area (Å²) in [5, 5.41) is 6.52. The smallest absolute Gasteiger partial charge is 0.248 e. The molecule has 0 radical (unpaired) electrons. The van der Waals surface area contributed by atoms with Gasteiger partial charge in [0.2, 0.25) is 5.92 Å². The molecule has 0 aromatic heterocycles. The lowest BCUT2D eigenvalue weighted by molar-refractivity contribution is -0.245. The van der Waals surface area contributed by atoms with Gasteiger partial charge in [0.25, 0.3) is 0 Å². The monoisotopic (exact) mass is 232 g/mol. The Labute approximate surface area is 93.9 Å². The molecule has 3 fully saturated rings.